The average Bonchev–Trinajstić information content (AvgIpc) is 2.43. The summed E-state index contributed by atoms with van der Waals surface area (Å²) in [5, 5.41) is 3.18. The third-order valence-electron chi connectivity index (χ3n) is 2.62. The number of benzene rings is 1. The Bertz CT molecular complexity index is 663. The van der Waals surface area contributed by atoms with Crippen LogP contribution in [-0.2, 0) is 0 Å². The van der Waals surface area contributed by atoms with E-state index in [0.717, 1.165) is 0 Å². The van der Waals surface area contributed by atoms with Gasteiger partial charge in [-0.2, -0.15) is 0 Å². The van der Waals surface area contributed by atoms with Crippen LogP contribution in [0.3, 0.4) is 0 Å². The van der Waals surface area contributed by atoms with Gasteiger partial charge in [0.15, 0.2) is 0 Å². The molecule has 0 spiro atoms. The van der Waals surface area contributed by atoms with Crippen molar-refractivity contribution >= 4 is 16.9 Å². The Morgan fingerprint density at radius 2 is 2.21 bits per heavy atom. The Labute approximate surface area is 109 Å². The first-order valence-corrected chi connectivity index (χ1v) is 5.76. The molecule has 0 atom stereocenters. The van der Waals surface area contributed by atoms with Crippen molar-refractivity contribution in [3.8, 4) is 5.75 Å². The minimum Gasteiger partial charge on any atom is -0.497 e. The number of carbonyl (C=O) groups excluding carboxylic acids is 1. The smallest absolute Gasteiger partial charge is 0.349 e. The molecule has 2 rings (SSSR count). The third kappa shape index (κ3) is 2.74. The molecule has 1 aromatic heterocycles. The van der Waals surface area contributed by atoms with E-state index < -0.39 is 11.5 Å². The number of hydrogen-bond acceptors (Lipinski definition) is 5. The Kier molecular flexibility index (Phi) is 3.82. The van der Waals surface area contributed by atoms with Crippen molar-refractivity contribution in [2.75, 3.05) is 20.2 Å². The highest BCUT2D eigenvalue weighted by Gasteiger charge is 2.13. The number of carbonyl (C=O) groups is 1. The van der Waals surface area contributed by atoms with Crippen LogP contribution in [0.5, 0.6) is 5.75 Å². The van der Waals surface area contributed by atoms with Crippen molar-refractivity contribution in [2.45, 2.75) is 0 Å². The molecular formula is C13H14N2O4. The van der Waals surface area contributed by atoms with E-state index >= 15 is 0 Å². The summed E-state index contributed by atoms with van der Waals surface area (Å²) in [6.07, 6.45) is 0. The van der Waals surface area contributed by atoms with E-state index in [-0.39, 0.29) is 5.56 Å². The van der Waals surface area contributed by atoms with E-state index in [1.165, 1.54) is 13.2 Å². The van der Waals surface area contributed by atoms with Crippen LogP contribution in [0.15, 0.2) is 33.5 Å². The van der Waals surface area contributed by atoms with E-state index in [0.29, 0.717) is 29.8 Å². The number of amides is 1. The first-order chi connectivity index (χ1) is 9.15. The van der Waals surface area contributed by atoms with Crippen molar-refractivity contribution in [3.63, 3.8) is 0 Å². The predicted octanol–water partition coefficient (Wildman–Crippen LogP) is 0.490. The Hall–Kier alpha value is -2.34. The van der Waals surface area contributed by atoms with Crippen molar-refractivity contribution < 1.29 is 13.9 Å². The quantitative estimate of drug-likeness (QED) is 0.782. The van der Waals surface area contributed by atoms with Crippen LogP contribution < -0.4 is 21.4 Å². The summed E-state index contributed by atoms with van der Waals surface area (Å²) in [5.74, 6) is 0.0906. The summed E-state index contributed by atoms with van der Waals surface area (Å²) in [6.45, 7) is 0.612. The molecule has 0 bridgehead atoms. The minimum atomic E-state index is -0.685. The van der Waals surface area contributed by atoms with Gasteiger partial charge in [0.2, 0.25) is 0 Å². The molecule has 1 amide bonds. The third-order valence-corrected chi connectivity index (χ3v) is 2.62. The number of fused-ring (bicyclic) bond motifs is 1. The topological polar surface area (TPSA) is 94.6 Å². The zero-order valence-corrected chi connectivity index (χ0v) is 10.4. The first-order valence-electron chi connectivity index (χ1n) is 5.76. The fraction of sp³-hybridized carbons (Fsp3) is 0.231. The second kappa shape index (κ2) is 5.53. The van der Waals surface area contributed by atoms with Crippen LogP contribution >= 0.6 is 0 Å². The molecule has 0 saturated heterocycles. The van der Waals surface area contributed by atoms with E-state index in [4.69, 9.17) is 14.9 Å². The summed E-state index contributed by atoms with van der Waals surface area (Å²) in [6, 6.07) is 6.53. The van der Waals surface area contributed by atoms with Crippen LogP contribution in [0, 0.1) is 0 Å². The summed E-state index contributed by atoms with van der Waals surface area (Å²) in [5.41, 5.74) is 4.94. The number of nitrogens with one attached hydrogen (secondary N) is 1. The zero-order valence-electron chi connectivity index (χ0n) is 10.4. The molecule has 3 N–H and O–H groups in total. The van der Waals surface area contributed by atoms with Crippen LogP contribution in [0.2, 0.25) is 0 Å². The predicted molar refractivity (Wildman–Crippen MR) is 70.4 cm³/mol. The Balaban J connectivity index is 2.44. The van der Waals surface area contributed by atoms with E-state index in [9.17, 15) is 9.59 Å². The van der Waals surface area contributed by atoms with Gasteiger partial charge in [-0.15, -0.1) is 0 Å². The molecule has 19 heavy (non-hydrogen) atoms. The highest BCUT2D eigenvalue weighted by Crippen LogP contribution is 2.20. The molecule has 0 saturated carbocycles. The molecule has 6 nitrogen and oxygen atoms in total. The van der Waals surface area contributed by atoms with Gasteiger partial charge in [-0.1, -0.05) is 0 Å². The summed E-state index contributed by atoms with van der Waals surface area (Å²) in [7, 11) is 1.52. The van der Waals surface area contributed by atoms with Gasteiger partial charge >= 0.3 is 5.63 Å². The molecular weight excluding hydrogens is 248 g/mol. The molecule has 6 heteroatoms. The maximum absolute atomic E-state index is 11.7. The second-order valence-electron chi connectivity index (χ2n) is 3.90. The summed E-state index contributed by atoms with van der Waals surface area (Å²) in [4.78, 5) is 23.5. The number of nitrogens with two attached hydrogens (primary N) is 1. The average molecular weight is 262 g/mol. The fourth-order valence-corrected chi connectivity index (χ4v) is 1.66. The highest BCUT2D eigenvalue weighted by molar-refractivity contribution is 5.96. The van der Waals surface area contributed by atoms with Crippen molar-refractivity contribution in [1.82, 2.24) is 5.32 Å². The molecule has 0 radical (unpaired) electrons. The molecule has 1 heterocycles. The normalized spacial score (nSPS) is 10.4. The number of methoxy groups -OCH3 is 1. The molecule has 0 aliphatic rings. The largest absolute Gasteiger partial charge is 0.497 e. The lowest BCUT2D eigenvalue weighted by molar-refractivity contribution is 0.0951. The molecule has 0 aliphatic carbocycles. The van der Waals surface area contributed by atoms with Crippen LogP contribution in [-0.4, -0.2) is 26.1 Å². The SMILES string of the molecule is COc1ccc2cc(C(=O)NCCN)c(=O)oc2c1. The maximum Gasteiger partial charge on any atom is 0.349 e. The standard InChI is InChI=1S/C13H14N2O4/c1-18-9-3-2-8-6-10(12(16)15-5-4-14)13(17)19-11(8)7-9/h2-3,6-7H,4-5,14H2,1H3,(H,15,16). The first kappa shape index (κ1) is 13.1. The second-order valence-corrected chi connectivity index (χ2v) is 3.90. The van der Waals surface area contributed by atoms with Gasteiger partial charge in [0.25, 0.3) is 5.91 Å². The van der Waals surface area contributed by atoms with Gasteiger partial charge in [0.05, 0.1) is 7.11 Å². The van der Waals surface area contributed by atoms with Gasteiger partial charge in [-0.3, -0.25) is 4.79 Å². The Morgan fingerprint density at radius 3 is 2.89 bits per heavy atom. The lowest BCUT2D eigenvalue weighted by atomic mass is 10.1. The molecule has 2 aromatic rings. The number of rotatable bonds is 4. The van der Waals surface area contributed by atoms with Gasteiger partial charge in [0, 0.05) is 24.5 Å². The summed E-state index contributed by atoms with van der Waals surface area (Å²) >= 11 is 0. The van der Waals surface area contributed by atoms with Gasteiger partial charge in [0.1, 0.15) is 16.9 Å². The lowest BCUT2D eigenvalue weighted by Crippen LogP contribution is -2.32. The number of ether oxygens (including phenoxy) is 1. The van der Waals surface area contributed by atoms with E-state index in [1.54, 1.807) is 18.2 Å². The van der Waals surface area contributed by atoms with Crippen LogP contribution in [0.25, 0.3) is 11.0 Å². The minimum absolute atomic E-state index is 0.0360. The van der Waals surface area contributed by atoms with Crippen LogP contribution in [0.1, 0.15) is 10.4 Å². The number of hydrogen-bond donors (Lipinski definition) is 2. The fourth-order valence-electron chi connectivity index (χ4n) is 1.66. The lowest BCUT2D eigenvalue weighted by Gasteiger charge is -2.04. The zero-order chi connectivity index (χ0) is 13.8. The molecule has 0 unspecified atom stereocenters. The van der Waals surface area contributed by atoms with Crippen molar-refractivity contribution in [2.24, 2.45) is 5.73 Å². The van der Waals surface area contributed by atoms with Gasteiger partial charge in [-0.05, 0) is 18.2 Å². The van der Waals surface area contributed by atoms with Crippen LogP contribution in [0.4, 0.5) is 0 Å². The van der Waals surface area contributed by atoms with Gasteiger partial charge in [-0.25, -0.2) is 4.79 Å². The summed E-state index contributed by atoms with van der Waals surface area (Å²) < 4.78 is 10.1. The van der Waals surface area contributed by atoms with E-state index in [1.807, 2.05) is 0 Å². The molecule has 0 fully saturated rings. The van der Waals surface area contributed by atoms with Crippen molar-refractivity contribution in [1.29, 1.82) is 0 Å². The Morgan fingerprint density at radius 1 is 1.42 bits per heavy atom. The van der Waals surface area contributed by atoms with E-state index in [2.05, 4.69) is 5.32 Å². The maximum atomic E-state index is 11.7. The monoisotopic (exact) mass is 262 g/mol. The molecule has 1 aromatic carbocycles. The highest BCUT2D eigenvalue weighted by atomic mass is 16.5. The molecule has 0 aliphatic heterocycles. The van der Waals surface area contributed by atoms with Crippen molar-refractivity contribution in [3.05, 3.63) is 40.2 Å². The van der Waals surface area contributed by atoms with Gasteiger partial charge < -0.3 is 20.2 Å². The molecule has 100 valence electrons.